The number of nitrogens with one attached hydrogen (secondary N) is 1. The number of benzene rings is 2. The van der Waals surface area contributed by atoms with Gasteiger partial charge >= 0.3 is 0 Å². The lowest BCUT2D eigenvalue weighted by Crippen LogP contribution is -2.31. The minimum Gasteiger partial charge on any atom is -0.494 e. The van der Waals surface area contributed by atoms with Crippen LogP contribution in [-0.2, 0) is 0 Å². The topological polar surface area (TPSA) is 42.3 Å². The number of aromatic nitrogens is 2. The van der Waals surface area contributed by atoms with E-state index < -0.39 is 0 Å². The molecule has 1 N–H and O–H groups in total. The lowest BCUT2D eigenvalue weighted by Gasteiger charge is -2.29. The van der Waals surface area contributed by atoms with Crippen molar-refractivity contribution in [2.45, 2.75) is 19.0 Å². The molecule has 1 fully saturated rings. The zero-order chi connectivity index (χ0) is 22.8. The fraction of sp³-hybridized carbons (Fsp3) is 0.154. The number of pyridine rings is 1. The first kappa shape index (κ1) is 21.2. The maximum Gasteiger partial charge on any atom is 0.174 e. The quantitative estimate of drug-likeness (QED) is 0.382. The third kappa shape index (κ3) is 3.96. The van der Waals surface area contributed by atoms with Crippen LogP contribution < -0.4 is 15.0 Å². The maximum absolute atomic E-state index is 14.9. The van der Waals surface area contributed by atoms with Crippen LogP contribution in [-0.4, -0.2) is 21.3 Å². The zero-order valence-corrected chi connectivity index (χ0v) is 18.9. The summed E-state index contributed by atoms with van der Waals surface area (Å²) in [5.74, 6) is 0.491. The first-order valence-corrected chi connectivity index (χ1v) is 11.2. The Labute approximate surface area is 197 Å². The third-order valence-corrected chi connectivity index (χ3v) is 6.03. The van der Waals surface area contributed by atoms with E-state index in [4.69, 9.17) is 17.0 Å². The first-order chi connectivity index (χ1) is 16.2. The molecule has 0 spiro atoms. The molecule has 1 saturated heterocycles. The second kappa shape index (κ2) is 9.03. The summed E-state index contributed by atoms with van der Waals surface area (Å²) in [7, 11) is 0. The molecule has 0 amide bonds. The highest BCUT2D eigenvalue weighted by atomic mass is 32.1. The Balaban J connectivity index is 1.63. The molecule has 1 aliphatic rings. The average Bonchev–Trinajstić information content (AvgIpc) is 3.45. The van der Waals surface area contributed by atoms with E-state index in [1.165, 1.54) is 6.07 Å². The Hall–Kier alpha value is -3.71. The third-order valence-electron chi connectivity index (χ3n) is 5.72. The van der Waals surface area contributed by atoms with Gasteiger partial charge in [0.1, 0.15) is 17.6 Å². The lowest BCUT2D eigenvalue weighted by molar-refractivity contribution is 0.340. The minimum atomic E-state index is -0.326. The Morgan fingerprint density at radius 1 is 1.00 bits per heavy atom. The van der Waals surface area contributed by atoms with Crippen LogP contribution in [0, 0.1) is 5.82 Å². The van der Waals surface area contributed by atoms with Crippen LogP contribution in [0.25, 0.3) is 5.69 Å². The molecule has 166 valence electrons. The van der Waals surface area contributed by atoms with Gasteiger partial charge in [-0.1, -0.05) is 18.2 Å². The number of halogens is 1. The van der Waals surface area contributed by atoms with Gasteiger partial charge in [-0.3, -0.25) is 4.98 Å². The lowest BCUT2D eigenvalue weighted by atomic mass is 10.0. The summed E-state index contributed by atoms with van der Waals surface area (Å²) in [6.45, 7) is 2.58. The van der Waals surface area contributed by atoms with Crippen molar-refractivity contribution < 1.29 is 9.13 Å². The predicted octanol–water partition coefficient (Wildman–Crippen LogP) is 5.59. The highest BCUT2D eigenvalue weighted by molar-refractivity contribution is 7.80. The van der Waals surface area contributed by atoms with Crippen molar-refractivity contribution in [2.75, 3.05) is 11.5 Å². The number of hydrogen-bond acceptors (Lipinski definition) is 3. The maximum atomic E-state index is 14.9. The summed E-state index contributed by atoms with van der Waals surface area (Å²) in [5, 5.41) is 3.84. The number of anilines is 1. The highest BCUT2D eigenvalue weighted by Crippen LogP contribution is 2.42. The summed E-state index contributed by atoms with van der Waals surface area (Å²) in [6.07, 6.45) is 3.76. The van der Waals surface area contributed by atoms with Crippen molar-refractivity contribution >= 4 is 23.0 Å². The van der Waals surface area contributed by atoms with Gasteiger partial charge in [-0.05, 0) is 79.8 Å². The number of para-hydroxylation sites is 1. The van der Waals surface area contributed by atoms with E-state index >= 15 is 0 Å². The van der Waals surface area contributed by atoms with Gasteiger partial charge in [-0.15, -0.1) is 0 Å². The molecule has 0 radical (unpaired) electrons. The molecule has 2 aromatic heterocycles. The largest absolute Gasteiger partial charge is 0.494 e. The molecular formula is C26H23FN4OS. The molecule has 0 aliphatic carbocycles. The highest BCUT2D eigenvalue weighted by Gasteiger charge is 2.42. The standard InChI is InChI=1S/C26H23FN4OS/c1-2-32-19-14-12-18(13-15-19)30-17-7-11-23(30)25-24(21-9-5-6-16-28-21)29-26(33)31(25)22-10-4-3-8-20(22)27/h3-17,24-25H,2H2,1H3,(H,29,33)/t24-,25-/m0/s1. The number of thiocarbonyl (C=S) groups is 1. The van der Waals surface area contributed by atoms with Crippen LogP contribution >= 0.6 is 12.2 Å². The van der Waals surface area contributed by atoms with Crippen molar-refractivity contribution in [3.63, 3.8) is 0 Å². The van der Waals surface area contributed by atoms with E-state index in [0.29, 0.717) is 17.4 Å². The Morgan fingerprint density at radius 3 is 2.52 bits per heavy atom. The fourth-order valence-electron chi connectivity index (χ4n) is 4.30. The van der Waals surface area contributed by atoms with E-state index in [9.17, 15) is 4.39 Å². The van der Waals surface area contributed by atoms with Crippen LogP contribution in [0.3, 0.4) is 0 Å². The Morgan fingerprint density at radius 2 is 1.79 bits per heavy atom. The van der Waals surface area contributed by atoms with Gasteiger partial charge in [0.05, 0.1) is 24.0 Å². The van der Waals surface area contributed by atoms with Crippen molar-refractivity contribution in [2.24, 2.45) is 0 Å². The molecule has 1 aliphatic heterocycles. The van der Waals surface area contributed by atoms with E-state index in [1.54, 1.807) is 18.3 Å². The Kier molecular flexibility index (Phi) is 5.79. The molecule has 3 heterocycles. The summed E-state index contributed by atoms with van der Waals surface area (Å²) in [5.41, 5.74) is 3.20. The molecule has 33 heavy (non-hydrogen) atoms. The number of nitrogens with zero attached hydrogens (tertiary/aromatic N) is 3. The van der Waals surface area contributed by atoms with E-state index in [-0.39, 0.29) is 17.9 Å². The van der Waals surface area contributed by atoms with Gasteiger partial charge in [-0.25, -0.2) is 4.39 Å². The summed E-state index contributed by atoms with van der Waals surface area (Å²) < 4.78 is 22.6. The van der Waals surface area contributed by atoms with Crippen molar-refractivity contribution in [1.82, 2.24) is 14.9 Å². The fourth-order valence-corrected chi connectivity index (χ4v) is 4.64. The van der Waals surface area contributed by atoms with Gasteiger partial charge in [0, 0.05) is 23.8 Å². The number of ether oxygens (including phenoxy) is 1. The molecule has 7 heteroatoms. The molecule has 0 saturated carbocycles. The van der Waals surface area contributed by atoms with Crippen molar-refractivity contribution in [3.05, 3.63) is 108 Å². The molecule has 5 rings (SSSR count). The first-order valence-electron chi connectivity index (χ1n) is 10.8. The van der Waals surface area contributed by atoms with Gasteiger partial charge < -0.3 is 19.5 Å². The van der Waals surface area contributed by atoms with Gasteiger partial charge in [0.25, 0.3) is 0 Å². The SMILES string of the molecule is CCOc1ccc(-n2cccc2[C@H]2[C@H](c3ccccn3)NC(=S)N2c2ccccc2F)cc1. The average molecular weight is 459 g/mol. The van der Waals surface area contributed by atoms with Gasteiger partial charge in [-0.2, -0.15) is 0 Å². The number of hydrogen-bond donors (Lipinski definition) is 1. The summed E-state index contributed by atoms with van der Waals surface area (Å²) in [4.78, 5) is 6.42. The normalized spacial score (nSPS) is 17.8. The number of rotatable bonds is 6. The molecular weight excluding hydrogens is 435 g/mol. The molecule has 5 nitrogen and oxygen atoms in total. The van der Waals surface area contributed by atoms with Crippen molar-refractivity contribution in [3.8, 4) is 11.4 Å². The van der Waals surface area contributed by atoms with Crippen LogP contribution in [0.1, 0.15) is 30.4 Å². The zero-order valence-electron chi connectivity index (χ0n) is 18.1. The molecule has 0 bridgehead atoms. The summed E-state index contributed by atoms with van der Waals surface area (Å²) >= 11 is 5.71. The smallest absolute Gasteiger partial charge is 0.174 e. The minimum absolute atomic E-state index is 0.255. The molecule has 0 unspecified atom stereocenters. The van der Waals surface area contributed by atoms with E-state index in [1.807, 2.05) is 78.7 Å². The van der Waals surface area contributed by atoms with Crippen LogP contribution in [0.5, 0.6) is 5.75 Å². The molecule has 2 aromatic carbocycles. The Bertz CT molecular complexity index is 1260. The summed E-state index contributed by atoms with van der Waals surface area (Å²) in [6, 6.07) is 23.9. The van der Waals surface area contributed by atoms with Crippen LogP contribution in [0.2, 0.25) is 0 Å². The van der Waals surface area contributed by atoms with Gasteiger partial charge in [0.15, 0.2) is 5.11 Å². The van der Waals surface area contributed by atoms with Crippen LogP contribution in [0.4, 0.5) is 10.1 Å². The van der Waals surface area contributed by atoms with Gasteiger partial charge in [0.2, 0.25) is 0 Å². The van der Waals surface area contributed by atoms with Crippen LogP contribution in [0.15, 0.2) is 91.3 Å². The monoisotopic (exact) mass is 458 g/mol. The molecule has 4 aromatic rings. The van der Waals surface area contributed by atoms with E-state index in [0.717, 1.165) is 22.8 Å². The second-order valence-corrected chi connectivity index (χ2v) is 8.06. The van der Waals surface area contributed by atoms with Crippen molar-refractivity contribution in [1.29, 1.82) is 0 Å². The van der Waals surface area contributed by atoms with E-state index in [2.05, 4.69) is 14.9 Å². The molecule has 2 atom stereocenters. The second-order valence-electron chi connectivity index (χ2n) is 7.68. The predicted molar refractivity (Wildman–Crippen MR) is 131 cm³/mol.